The minimum atomic E-state index is -1.64. The highest BCUT2D eigenvalue weighted by atomic mass is 16.7. The van der Waals surface area contributed by atoms with Crippen LogP contribution in [0.5, 0.6) is 0 Å². The summed E-state index contributed by atoms with van der Waals surface area (Å²) in [6.45, 7) is 5.63. The smallest absolute Gasteiger partial charge is 0.306 e. The number of allylic oxidation sites excluding steroid dienone is 19. The highest BCUT2D eigenvalue weighted by molar-refractivity contribution is 5.80. The maximum atomic E-state index is 13.5. The molecule has 8 unspecified atom stereocenters. The van der Waals surface area contributed by atoms with Crippen molar-refractivity contribution in [3.8, 4) is 0 Å². The molecule has 0 aromatic carbocycles. The van der Waals surface area contributed by atoms with Gasteiger partial charge < -0.3 is 45.1 Å². The maximum absolute atomic E-state index is 13.5. The number of rotatable bonds is 57. The first kappa shape index (κ1) is 79.1. The summed E-state index contributed by atoms with van der Waals surface area (Å²) in [6, 6.07) is -1.04. The van der Waals surface area contributed by atoms with Crippen LogP contribution in [0.15, 0.2) is 122 Å². The molecule has 1 aliphatic heterocycles. The summed E-state index contributed by atoms with van der Waals surface area (Å²) >= 11 is 0. The van der Waals surface area contributed by atoms with Gasteiger partial charge in [0.2, 0.25) is 5.91 Å². The second-order valence-corrected chi connectivity index (χ2v) is 23.2. The number of esters is 1. The lowest BCUT2D eigenvalue weighted by Gasteiger charge is -2.41. The van der Waals surface area contributed by atoms with Gasteiger partial charge >= 0.3 is 5.97 Å². The third kappa shape index (κ3) is 47.8. The molecule has 0 bridgehead atoms. The Hall–Kier alpha value is -3.94. The van der Waals surface area contributed by atoms with E-state index in [-0.39, 0.29) is 19.4 Å². The van der Waals surface area contributed by atoms with Crippen LogP contribution < -0.4 is 5.32 Å². The molecule has 85 heavy (non-hydrogen) atoms. The fraction of sp³-hybridized carbons (Fsp3) is 0.703. The molecule has 1 fully saturated rings. The van der Waals surface area contributed by atoms with Gasteiger partial charge in [-0.05, 0) is 116 Å². The highest BCUT2D eigenvalue weighted by Gasteiger charge is 2.47. The summed E-state index contributed by atoms with van der Waals surface area (Å²) in [5.74, 6) is -1.25. The zero-order chi connectivity index (χ0) is 61.7. The Morgan fingerprint density at radius 3 is 1.29 bits per heavy atom. The van der Waals surface area contributed by atoms with Gasteiger partial charge in [-0.15, -0.1) is 0 Å². The number of nitrogens with one attached hydrogen (secondary N) is 1. The largest absolute Gasteiger partial charge is 0.454 e. The molecule has 1 heterocycles. The molecule has 0 aliphatic carbocycles. The predicted octanol–water partition coefficient (Wildman–Crippen LogP) is 17.4. The number of aliphatic hydroxyl groups is 5. The second kappa shape index (κ2) is 60.3. The monoisotopic (exact) mass is 1190 g/mol. The molecule has 0 radical (unpaired) electrons. The molecule has 0 spiro atoms. The zero-order valence-electron chi connectivity index (χ0n) is 53.9. The lowest BCUT2D eigenvalue weighted by Crippen LogP contribution is -2.61. The zero-order valence-corrected chi connectivity index (χ0v) is 53.9. The molecule has 6 N–H and O–H groups in total. The van der Waals surface area contributed by atoms with Gasteiger partial charge in [0, 0.05) is 6.42 Å². The Morgan fingerprint density at radius 2 is 0.847 bits per heavy atom. The number of amides is 1. The number of ether oxygens (including phenoxy) is 3. The van der Waals surface area contributed by atoms with Crippen molar-refractivity contribution in [2.75, 3.05) is 13.2 Å². The minimum absolute atomic E-state index is 0.0619. The van der Waals surface area contributed by atoms with Crippen molar-refractivity contribution in [2.45, 2.75) is 320 Å². The van der Waals surface area contributed by atoms with E-state index in [1.54, 1.807) is 6.08 Å². The molecular formula is C74H125NO10. The summed E-state index contributed by atoms with van der Waals surface area (Å²) in [5, 5.41) is 57.2. The SMILES string of the molecule is CC/C=C\C/C=C\C/C=C\C/C=C\C/C=C\C/C=C\CCCCC(=O)OC1C(OCC(NC(=O)C(O)CCCCCCCCCCC/C=C\C/C=C\C/C=C\CCCCC)C(O)/C=C/CCCCCCCCCCCCC)OC(CO)C(O)C1O. The molecule has 11 nitrogen and oxygen atoms in total. The average Bonchev–Trinajstić information content (AvgIpc) is 2.48. The van der Waals surface area contributed by atoms with Gasteiger partial charge in [0.25, 0.3) is 0 Å². The van der Waals surface area contributed by atoms with Gasteiger partial charge in [0.15, 0.2) is 12.4 Å². The van der Waals surface area contributed by atoms with Crippen molar-refractivity contribution in [1.29, 1.82) is 0 Å². The molecule has 0 saturated carbocycles. The van der Waals surface area contributed by atoms with Crippen LogP contribution in [-0.2, 0) is 23.8 Å². The average molecular weight is 1190 g/mol. The molecule has 1 amide bonds. The number of hydrogen-bond donors (Lipinski definition) is 6. The van der Waals surface area contributed by atoms with E-state index in [1.165, 1.54) is 109 Å². The molecule has 0 aromatic rings. The van der Waals surface area contributed by atoms with Crippen molar-refractivity contribution >= 4 is 11.9 Å². The summed E-state index contributed by atoms with van der Waals surface area (Å²) in [6.07, 6.45) is 73.7. The Bertz CT molecular complexity index is 1850. The van der Waals surface area contributed by atoms with Crippen LogP contribution in [-0.4, -0.2) is 99.6 Å². The number of carbonyl (C=O) groups is 2. The van der Waals surface area contributed by atoms with Gasteiger partial charge in [-0.3, -0.25) is 9.59 Å². The standard InChI is InChI=1S/C74H125NO10/c1-4-7-10-13-16-19-22-25-27-29-31-33-35-36-38-40-43-46-49-52-55-58-61-67(78)73(82)75-65(66(77)60-57-54-51-48-45-42-24-21-18-15-12-9-6-3)64-83-74-72(71(81)70(80)68(63-76)84-74)85-69(79)62-59-56-53-50-47-44-41-39-37-34-32-30-28-26-23-20-17-14-11-8-5-2/h8,11,16-17,19-20,25-28,31-34,39,41,47,50,57,60,65-68,70-72,74,76-78,80-81H,4-7,9-10,12-15,18,21-24,29-30,35-38,40,42-46,48-49,51-56,58-59,61-64H2,1-3H3,(H,75,82)/b11-8-,19-16-,20-17-,27-25-,28-26-,33-31-,34-32-,41-39-,50-47-,60-57+. The normalized spacial score (nSPS) is 19.2. The van der Waals surface area contributed by atoms with E-state index >= 15 is 0 Å². The summed E-state index contributed by atoms with van der Waals surface area (Å²) in [5.41, 5.74) is 0. The van der Waals surface area contributed by atoms with E-state index in [1.807, 2.05) is 6.08 Å². The molecule has 1 aliphatic rings. The Morgan fingerprint density at radius 1 is 0.471 bits per heavy atom. The first-order chi connectivity index (χ1) is 41.7. The van der Waals surface area contributed by atoms with Gasteiger partial charge in [-0.1, -0.05) is 271 Å². The number of aliphatic hydroxyl groups excluding tert-OH is 5. The van der Waals surface area contributed by atoms with Gasteiger partial charge in [-0.2, -0.15) is 0 Å². The second-order valence-electron chi connectivity index (χ2n) is 23.2. The first-order valence-corrected chi connectivity index (χ1v) is 34.3. The lowest BCUT2D eigenvalue weighted by molar-refractivity contribution is -0.305. The van der Waals surface area contributed by atoms with Crippen LogP contribution >= 0.6 is 0 Å². The van der Waals surface area contributed by atoms with Crippen molar-refractivity contribution in [2.24, 2.45) is 0 Å². The van der Waals surface area contributed by atoms with Crippen LogP contribution in [0.25, 0.3) is 0 Å². The first-order valence-electron chi connectivity index (χ1n) is 34.3. The van der Waals surface area contributed by atoms with Crippen molar-refractivity contribution in [3.05, 3.63) is 122 Å². The molecule has 8 atom stereocenters. The van der Waals surface area contributed by atoms with E-state index < -0.39 is 67.4 Å². The van der Waals surface area contributed by atoms with Gasteiger partial charge in [0.1, 0.15) is 24.4 Å². The van der Waals surface area contributed by atoms with E-state index in [2.05, 4.69) is 135 Å². The fourth-order valence-electron chi connectivity index (χ4n) is 9.96. The molecule has 486 valence electrons. The minimum Gasteiger partial charge on any atom is -0.454 e. The summed E-state index contributed by atoms with van der Waals surface area (Å²) in [4.78, 5) is 26.6. The topological polar surface area (TPSA) is 175 Å². The van der Waals surface area contributed by atoms with Crippen LogP contribution in [0.3, 0.4) is 0 Å². The Labute approximate surface area is 519 Å². The molecule has 1 saturated heterocycles. The number of hydrogen-bond acceptors (Lipinski definition) is 10. The Kier molecular flexibility index (Phi) is 56.1. The molecular weight excluding hydrogens is 1060 g/mol. The highest BCUT2D eigenvalue weighted by Crippen LogP contribution is 2.26. The lowest BCUT2D eigenvalue weighted by atomic mass is 9.99. The van der Waals surface area contributed by atoms with Gasteiger partial charge in [-0.25, -0.2) is 0 Å². The van der Waals surface area contributed by atoms with Crippen molar-refractivity contribution in [3.63, 3.8) is 0 Å². The predicted molar refractivity (Wildman–Crippen MR) is 356 cm³/mol. The van der Waals surface area contributed by atoms with Crippen LogP contribution in [0.4, 0.5) is 0 Å². The van der Waals surface area contributed by atoms with Crippen LogP contribution in [0, 0.1) is 0 Å². The third-order valence-electron chi connectivity index (χ3n) is 15.3. The van der Waals surface area contributed by atoms with E-state index in [0.717, 1.165) is 116 Å². The third-order valence-corrected chi connectivity index (χ3v) is 15.3. The van der Waals surface area contributed by atoms with Crippen LogP contribution in [0.2, 0.25) is 0 Å². The maximum Gasteiger partial charge on any atom is 0.306 e. The van der Waals surface area contributed by atoms with Crippen LogP contribution in [0.1, 0.15) is 271 Å². The van der Waals surface area contributed by atoms with Crippen molar-refractivity contribution in [1.82, 2.24) is 5.32 Å². The fourth-order valence-corrected chi connectivity index (χ4v) is 9.96. The summed E-state index contributed by atoms with van der Waals surface area (Å²) < 4.78 is 17.6. The number of carbonyl (C=O) groups excluding carboxylic acids is 2. The van der Waals surface area contributed by atoms with E-state index in [9.17, 15) is 35.1 Å². The van der Waals surface area contributed by atoms with Crippen molar-refractivity contribution < 1.29 is 49.3 Å². The Balaban J connectivity index is 2.67. The summed E-state index contributed by atoms with van der Waals surface area (Å²) in [7, 11) is 0. The molecule has 1 rings (SSSR count). The van der Waals surface area contributed by atoms with E-state index in [0.29, 0.717) is 12.8 Å². The van der Waals surface area contributed by atoms with E-state index in [4.69, 9.17) is 14.2 Å². The molecule has 0 aromatic heterocycles. The molecule has 11 heteroatoms. The quantitative estimate of drug-likeness (QED) is 0.0195. The van der Waals surface area contributed by atoms with Gasteiger partial charge in [0.05, 0.1) is 25.4 Å². The number of unbranched alkanes of at least 4 members (excludes halogenated alkanes) is 25.